The van der Waals surface area contributed by atoms with Gasteiger partial charge in [-0.2, -0.15) is 0 Å². The van der Waals surface area contributed by atoms with E-state index in [4.69, 9.17) is 14.2 Å². The monoisotopic (exact) mass is 394 g/mol. The van der Waals surface area contributed by atoms with E-state index in [1.54, 1.807) is 25.3 Å². The van der Waals surface area contributed by atoms with Crippen LogP contribution in [0.25, 0.3) is 5.69 Å². The molecule has 0 aliphatic carbocycles. The first-order valence-electron chi connectivity index (χ1n) is 7.79. The Bertz CT molecular complexity index is 897. The van der Waals surface area contributed by atoms with Gasteiger partial charge in [-0.1, -0.05) is 11.8 Å². The van der Waals surface area contributed by atoms with Crippen molar-refractivity contribution in [3.05, 3.63) is 34.2 Å². The van der Waals surface area contributed by atoms with Crippen molar-refractivity contribution in [1.82, 2.24) is 9.55 Å². The van der Waals surface area contributed by atoms with Crippen LogP contribution in [0.3, 0.4) is 0 Å². The molecule has 0 fully saturated rings. The zero-order chi connectivity index (χ0) is 18.7. The zero-order valence-corrected chi connectivity index (χ0v) is 16.2. The van der Waals surface area contributed by atoms with Gasteiger partial charge in [0.05, 0.1) is 43.4 Å². The van der Waals surface area contributed by atoms with E-state index in [2.05, 4.69) is 4.98 Å². The molecule has 138 valence electrons. The number of nitrogens with zero attached hydrogens (tertiary/aromatic N) is 2. The first-order valence-corrected chi connectivity index (χ1v) is 9.77. The maximum atomic E-state index is 13.1. The van der Waals surface area contributed by atoms with Gasteiger partial charge in [-0.05, 0) is 12.1 Å². The minimum atomic E-state index is -0.377. The lowest BCUT2D eigenvalue weighted by Gasteiger charge is -2.15. The number of carbonyl (C=O) groups is 1. The van der Waals surface area contributed by atoms with Gasteiger partial charge in [0.2, 0.25) is 0 Å². The Morgan fingerprint density at radius 1 is 1.27 bits per heavy atom. The lowest BCUT2D eigenvalue weighted by atomic mass is 10.2. The van der Waals surface area contributed by atoms with Crippen LogP contribution < -0.4 is 15.0 Å². The van der Waals surface area contributed by atoms with Crippen molar-refractivity contribution in [2.45, 2.75) is 16.5 Å². The van der Waals surface area contributed by atoms with Gasteiger partial charge in [0.25, 0.3) is 5.56 Å². The molecule has 1 aromatic carbocycles. The van der Waals surface area contributed by atoms with E-state index in [1.807, 2.05) is 0 Å². The van der Waals surface area contributed by atoms with Crippen LogP contribution in [0.15, 0.2) is 33.0 Å². The third-order valence-electron chi connectivity index (χ3n) is 3.84. The number of thioether (sulfide) groups is 2. The highest BCUT2D eigenvalue weighted by Gasteiger charge is 2.23. The van der Waals surface area contributed by atoms with Gasteiger partial charge in [0.15, 0.2) is 16.7 Å². The molecule has 2 aromatic rings. The summed E-state index contributed by atoms with van der Waals surface area (Å²) in [5.41, 5.74) is 1.24. The third kappa shape index (κ3) is 3.54. The van der Waals surface area contributed by atoms with Crippen molar-refractivity contribution in [2.24, 2.45) is 0 Å². The van der Waals surface area contributed by atoms with Gasteiger partial charge in [-0.15, -0.1) is 11.8 Å². The second-order valence-corrected chi connectivity index (χ2v) is 7.36. The zero-order valence-electron chi connectivity index (χ0n) is 14.6. The fourth-order valence-corrected chi connectivity index (χ4v) is 4.45. The van der Waals surface area contributed by atoms with E-state index < -0.39 is 0 Å². The van der Waals surface area contributed by atoms with Gasteiger partial charge in [0, 0.05) is 18.2 Å². The summed E-state index contributed by atoms with van der Waals surface area (Å²) in [7, 11) is 4.42. The SMILES string of the molecule is COC(=O)CSc1nc2c(c(=O)n1-c1ccc(OC)c(OC)c1)SCC2. The molecule has 0 bridgehead atoms. The fraction of sp³-hybridized carbons (Fsp3) is 0.353. The van der Waals surface area contributed by atoms with Crippen LogP contribution in [0.2, 0.25) is 0 Å². The number of benzene rings is 1. The van der Waals surface area contributed by atoms with Crippen molar-refractivity contribution in [2.75, 3.05) is 32.8 Å². The predicted octanol–water partition coefficient (Wildman–Crippen LogP) is 2.16. The van der Waals surface area contributed by atoms with Crippen LogP contribution in [-0.4, -0.2) is 48.4 Å². The summed E-state index contributed by atoms with van der Waals surface area (Å²) < 4.78 is 16.8. The molecule has 26 heavy (non-hydrogen) atoms. The van der Waals surface area contributed by atoms with Crippen LogP contribution in [0.1, 0.15) is 5.69 Å². The molecule has 0 saturated heterocycles. The average Bonchev–Trinajstić information content (AvgIpc) is 3.14. The Labute approximate surface area is 159 Å². The maximum Gasteiger partial charge on any atom is 0.316 e. The van der Waals surface area contributed by atoms with E-state index in [-0.39, 0.29) is 17.3 Å². The standard InChI is InChI=1S/C17H18N2O5S2/c1-22-12-5-4-10(8-13(12)23-2)19-16(21)15-11(6-7-25-15)18-17(19)26-9-14(20)24-3/h4-5,8H,6-7,9H2,1-3H3. The van der Waals surface area contributed by atoms with Crippen LogP contribution in [-0.2, 0) is 16.0 Å². The number of carbonyl (C=O) groups excluding carboxylic acids is 1. The highest BCUT2D eigenvalue weighted by molar-refractivity contribution is 8.00. The molecule has 0 atom stereocenters. The smallest absolute Gasteiger partial charge is 0.316 e. The Morgan fingerprint density at radius 2 is 2.04 bits per heavy atom. The Balaban J connectivity index is 2.12. The number of esters is 1. The van der Waals surface area contributed by atoms with Gasteiger partial charge in [0.1, 0.15) is 0 Å². The summed E-state index contributed by atoms with van der Waals surface area (Å²) in [6, 6.07) is 5.21. The molecule has 9 heteroatoms. The second-order valence-electron chi connectivity index (χ2n) is 5.31. The van der Waals surface area contributed by atoms with E-state index in [9.17, 15) is 9.59 Å². The van der Waals surface area contributed by atoms with Crippen molar-refractivity contribution >= 4 is 29.5 Å². The fourth-order valence-electron chi connectivity index (χ4n) is 2.56. The average molecular weight is 394 g/mol. The minimum Gasteiger partial charge on any atom is -0.493 e. The molecule has 1 aliphatic heterocycles. The minimum absolute atomic E-state index is 0.0716. The lowest BCUT2D eigenvalue weighted by molar-refractivity contribution is -0.137. The summed E-state index contributed by atoms with van der Waals surface area (Å²) in [6.07, 6.45) is 0.744. The molecule has 0 saturated carbocycles. The molecule has 3 rings (SSSR count). The molecule has 0 spiro atoms. The second kappa shape index (κ2) is 8.05. The van der Waals surface area contributed by atoms with Gasteiger partial charge < -0.3 is 14.2 Å². The maximum absolute atomic E-state index is 13.1. The molecular weight excluding hydrogens is 376 g/mol. The van der Waals surface area contributed by atoms with Crippen LogP contribution in [0.5, 0.6) is 11.5 Å². The number of aromatic nitrogens is 2. The molecule has 0 amide bonds. The molecule has 0 unspecified atom stereocenters. The Morgan fingerprint density at radius 3 is 2.73 bits per heavy atom. The van der Waals surface area contributed by atoms with E-state index in [0.29, 0.717) is 27.2 Å². The van der Waals surface area contributed by atoms with Gasteiger partial charge in [-0.25, -0.2) is 4.98 Å². The number of fused-ring (bicyclic) bond motifs is 1. The normalized spacial score (nSPS) is 12.6. The molecule has 2 heterocycles. The van der Waals surface area contributed by atoms with E-state index >= 15 is 0 Å². The van der Waals surface area contributed by atoms with Crippen molar-refractivity contribution in [3.8, 4) is 17.2 Å². The predicted molar refractivity (Wildman–Crippen MR) is 100 cm³/mol. The highest BCUT2D eigenvalue weighted by atomic mass is 32.2. The molecule has 0 N–H and O–H groups in total. The third-order valence-corrected chi connectivity index (χ3v) is 5.86. The van der Waals surface area contributed by atoms with Gasteiger partial charge in [-0.3, -0.25) is 14.2 Å². The molecule has 1 aromatic heterocycles. The van der Waals surface area contributed by atoms with E-state index in [1.165, 1.54) is 42.3 Å². The molecule has 7 nitrogen and oxygen atoms in total. The molecule has 1 aliphatic rings. The molecular formula is C17H18N2O5S2. The Hall–Kier alpha value is -2.13. The summed E-state index contributed by atoms with van der Waals surface area (Å²) in [5.74, 6) is 1.60. The Kier molecular flexibility index (Phi) is 5.77. The van der Waals surface area contributed by atoms with Crippen molar-refractivity contribution in [1.29, 1.82) is 0 Å². The number of rotatable bonds is 6. The first-order chi connectivity index (χ1) is 12.6. The number of hydrogen-bond acceptors (Lipinski definition) is 8. The molecule has 0 radical (unpaired) electrons. The first kappa shape index (κ1) is 18.7. The van der Waals surface area contributed by atoms with Gasteiger partial charge >= 0.3 is 5.97 Å². The number of hydrogen-bond donors (Lipinski definition) is 0. The number of ether oxygens (including phenoxy) is 3. The van der Waals surface area contributed by atoms with Crippen LogP contribution in [0, 0.1) is 0 Å². The lowest BCUT2D eigenvalue weighted by Crippen LogP contribution is -2.24. The number of aryl methyl sites for hydroxylation is 1. The van der Waals surface area contributed by atoms with Crippen molar-refractivity contribution < 1.29 is 19.0 Å². The topological polar surface area (TPSA) is 79.7 Å². The largest absolute Gasteiger partial charge is 0.493 e. The highest BCUT2D eigenvalue weighted by Crippen LogP contribution is 2.33. The summed E-state index contributed by atoms with van der Waals surface area (Å²) >= 11 is 2.68. The van der Waals surface area contributed by atoms with E-state index in [0.717, 1.165) is 17.9 Å². The van der Waals surface area contributed by atoms with Crippen LogP contribution in [0.4, 0.5) is 0 Å². The van der Waals surface area contributed by atoms with Crippen LogP contribution >= 0.6 is 23.5 Å². The quantitative estimate of drug-likeness (QED) is 0.419. The summed E-state index contributed by atoms with van der Waals surface area (Å²) in [4.78, 5) is 29.9. The van der Waals surface area contributed by atoms with Crippen molar-refractivity contribution in [3.63, 3.8) is 0 Å². The summed E-state index contributed by atoms with van der Waals surface area (Å²) in [5, 5.41) is 0.453. The number of methoxy groups -OCH3 is 3. The summed E-state index contributed by atoms with van der Waals surface area (Å²) in [6.45, 7) is 0.